The molecule has 0 bridgehead atoms. The summed E-state index contributed by atoms with van der Waals surface area (Å²) in [5.41, 5.74) is 0.101. The molecule has 17 heavy (non-hydrogen) atoms. The Kier molecular flexibility index (Phi) is 4.98. The van der Waals surface area contributed by atoms with Crippen LogP contribution in [0.5, 0.6) is 0 Å². The number of nitrogens with one attached hydrogen (secondary N) is 1. The van der Waals surface area contributed by atoms with Gasteiger partial charge in [0.15, 0.2) is 0 Å². The summed E-state index contributed by atoms with van der Waals surface area (Å²) >= 11 is 0. The fraction of sp³-hybridized carbons (Fsp3) is 1.00. The van der Waals surface area contributed by atoms with Crippen molar-refractivity contribution in [2.75, 3.05) is 25.9 Å². The highest BCUT2D eigenvalue weighted by molar-refractivity contribution is 7.89. The molecular weight excluding hydrogens is 236 g/mol. The summed E-state index contributed by atoms with van der Waals surface area (Å²) in [5, 5.41) is 3.28. The van der Waals surface area contributed by atoms with Crippen LogP contribution in [0.15, 0.2) is 0 Å². The van der Waals surface area contributed by atoms with Crippen molar-refractivity contribution >= 4 is 10.0 Å². The molecule has 0 atom stereocenters. The van der Waals surface area contributed by atoms with Crippen molar-refractivity contribution in [3.63, 3.8) is 0 Å². The van der Waals surface area contributed by atoms with Crippen molar-refractivity contribution < 1.29 is 8.42 Å². The van der Waals surface area contributed by atoms with Gasteiger partial charge in [-0.2, -0.15) is 0 Å². The Morgan fingerprint density at radius 3 is 2.24 bits per heavy atom. The summed E-state index contributed by atoms with van der Waals surface area (Å²) in [4.78, 5) is 0. The average Bonchev–Trinajstić information content (AvgIpc) is 2.27. The minimum atomic E-state index is -3.03. The van der Waals surface area contributed by atoms with Crippen LogP contribution >= 0.6 is 0 Å². The quantitative estimate of drug-likeness (QED) is 0.815. The van der Waals surface area contributed by atoms with E-state index in [0.717, 1.165) is 19.3 Å². The normalized spacial score (nSPS) is 21.9. The van der Waals surface area contributed by atoms with Crippen molar-refractivity contribution in [1.82, 2.24) is 9.62 Å². The molecule has 1 heterocycles. The maximum absolute atomic E-state index is 12.1. The van der Waals surface area contributed by atoms with Crippen molar-refractivity contribution in [1.29, 1.82) is 0 Å². The van der Waals surface area contributed by atoms with E-state index >= 15 is 0 Å². The van der Waals surface area contributed by atoms with Crippen LogP contribution in [-0.2, 0) is 10.0 Å². The van der Waals surface area contributed by atoms with E-state index in [1.165, 1.54) is 0 Å². The summed E-state index contributed by atoms with van der Waals surface area (Å²) in [6.45, 7) is 7.58. The van der Waals surface area contributed by atoms with Gasteiger partial charge in [0.25, 0.3) is 0 Å². The van der Waals surface area contributed by atoms with Crippen LogP contribution in [0.3, 0.4) is 0 Å². The third-order valence-corrected chi connectivity index (χ3v) is 5.68. The molecule has 102 valence electrons. The molecule has 0 unspecified atom stereocenters. The Morgan fingerprint density at radius 2 is 1.82 bits per heavy atom. The number of hydrogen-bond acceptors (Lipinski definition) is 3. The molecule has 1 aliphatic heterocycles. The van der Waals surface area contributed by atoms with Crippen LogP contribution in [-0.4, -0.2) is 44.2 Å². The van der Waals surface area contributed by atoms with Gasteiger partial charge in [0, 0.05) is 18.6 Å². The minimum absolute atomic E-state index is 0.101. The van der Waals surface area contributed by atoms with Gasteiger partial charge in [0.2, 0.25) is 10.0 Å². The van der Waals surface area contributed by atoms with Gasteiger partial charge in [-0.1, -0.05) is 13.8 Å². The average molecular weight is 262 g/mol. The Morgan fingerprint density at radius 1 is 1.29 bits per heavy atom. The van der Waals surface area contributed by atoms with Crippen molar-refractivity contribution in [2.45, 2.75) is 45.6 Å². The lowest BCUT2D eigenvalue weighted by Gasteiger charge is -2.38. The monoisotopic (exact) mass is 262 g/mol. The molecule has 1 saturated heterocycles. The van der Waals surface area contributed by atoms with E-state index in [4.69, 9.17) is 0 Å². The zero-order chi connectivity index (χ0) is 13.1. The Balaban J connectivity index is 2.53. The van der Waals surface area contributed by atoms with Gasteiger partial charge in [0.1, 0.15) is 0 Å². The van der Waals surface area contributed by atoms with Gasteiger partial charge >= 0.3 is 0 Å². The Bertz CT molecular complexity index is 330. The lowest BCUT2D eigenvalue weighted by Crippen LogP contribution is -2.51. The molecule has 0 amide bonds. The summed E-state index contributed by atoms with van der Waals surface area (Å²) < 4.78 is 25.9. The lowest BCUT2D eigenvalue weighted by atomic mass is 9.91. The maximum Gasteiger partial charge on any atom is 0.214 e. The molecular formula is C12H26N2O2S. The van der Waals surface area contributed by atoms with E-state index in [0.29, 0.717) is 24.8 Å². The van der Waals surface area contributed by atoms with E-state index in [-0.39, 0.29) is 5.54 Å². The number of sulfonamides is 1. The number of piperidine rings is 1. The molecule has 0 aromatic rings. The highest BCUT2D eigenvalue weighted by Crippen LogP contribution is 2.23. The number of nitrogens with zero attached hydrogens (tertiary/aromatic N) is 1. The van der Waals surface area contributed by atoms with Gasteiger partial charge in [-0.05, 0) is 39.2 Å². The third-order valence-electron chi connectivity index (χ3n) is 3.78. The Labute approximate surface area is 106 Å². The first kappa shape index (κ1) is 14.9. The molecule has 0 saturated carbocycles. The standard InChI is InChI=1S/C12H26N2O2S/c1-11(2)5-10-17(15,16)14-8-6-12(3,13-4)7-9-14/h11,13H,5-10H2,1-4H3. The first-order valence-electron chi connectivity index (χ1n) is 6.46. The molecule has 0 aromatic carbocycles. The predicted molar refractivity (Wildman–Crippen MR) is 71.5 cm³/mol. The highest BCUT2D eigenvalue weighted by Gasteiger charge is 2.33. The largest absolute Gasteiger partial charge is 0.314 e. The van der Waals surface area contributed by atoms with E-state index in [9.17, 15) is 8.42 Å². The zero-order valence-electron chi connectivity index (χ0n) is 11.5. The molecule has 0 aromatic heterocycles. The Hall–Kier alpha value is -0.130. The predicted octanol–water partition coefficient (Wildman–Crippen LogP) is 1.44. The van der Waals surface area contributed by atoms with Crippen LogP contribution < -0.4 is 5.32 Å². The van der Waals surface area contributed by atoms with Gasteiger partial charge in [-0.3, -0.25) is 0 Å². The fourth-order valence-electron chi connectivity index (χ4n) is 2.02. The molecule has 0 aliphatic carbocycles. The molecule has 1 N–H and O–H groups in total. The SMILES string of the molecule is CNC1(C)CCN(S(=O)(=O)CCC(C)C)CC1. The van der Waals surface area contributed by atoms with E-state index < -0.39 is 10.0 Å². The van der Waals surface area contributed by atoms with Crippen molar-refractivity contribution in [2.24, 2.45) is 5.92 Å². The van der Waals surface area contributed by atoms with Crippen LogP contribution in [0.4, 0.5) is 0 Å². The van der Waals surface area contributed by atoms with E-state index in [1.807, 2.05) is 7.05 Å². The van der Waals surface area contributed by atoms with Crippen LogP contribution in [0.2, 0.25) is 0 Å². The minimum Gasteiger partial charge on any atom is -0.314 e. The van der Waals surface area contributed by atoms with Gasteiger partial charge in [0.05, 0.1) is 5.75 Å². The highest BCUT2D eigenvalue weighted by atomic mass is 32.2. The van der Waals surface area contributed by atoms with Crippen LogP contribution in [0, 0.1) is 5.92 Å². The number of rotatable bonds is 5. The summed E-state index contributed by atoms with van der Waals surface area (Å²) in [7, 11) is -1.08. The lowest BCUT2D eigenvalue weighted by molar-refractivity contribution is 0.219. The van der Waals surface area contributed by atoms with Crippen LogP contribution in [0.25, 0.3) is 0 Å². The first-order chi connectivity index (χ1) is 7.79. The molecule has 0 radical (unpaired) electrons. The fourth-order valence-corrected chi connectivity index (χ4v) is 3.79. The van der Waals surface area contributed by atoms with Gasteiger partial charge in [-0.15, -0.1) is 0 Å². The molecule has 1 rings (SSSR count). The first-order valence-corrected chi connectivity index (χ1v) is 8.07. The summed E-state index contributed by atoms with van der Waals surface area (Å²) in [6.07, 6.45) is 2.54. The van der Waals surface area contributed by atoms with Crippen molar-refractivity contribution in [3.8, 4) is 0 Å². The van der Waals surface area contributed by atoms with Crippen LogP contribution in [0.1, 0.15) is 40.0 Å². The van der Waals surface area contributed by atoms with Gasteiger partial charge < -0.3 is 5.32 Å². The second-order valence-electron chi connectivity index (χ2n) is 5.71. The van der Waals surface area contributed by atoms with Gasteiger partial charge in [-0.25, -0.2) is 12.7 Å². The molecule has 4 nitrogen and oxygen atoms in total. The second kappa shape index (κ2) is 5.67. The molecule has 0 spiro atoms. The topological polar surface area (TPSA) is 49.4 Å². The smallest absolute Gasteiger partial charge is 0.214 e. The van der Waals surface area contributed by atoms with E-state index in [1.54, 1.807) is 4.31 Å². The molecule has 1 fully saturated rings. The van der Waals surface area contributed by atoms with E-state index in [2.05, 4.69) is 26.1 Å². The zero-order valence-corrected chi connectivity index (χ0v) is 12.3. The maximum atomic E-state index is 12.1. The number of hydrogen-bond donors (Lipinski definition) is 1. The molecule has 1 aliphatic rings. The summed E-state index contributed by atoms with van der Waals surface area (Å²) in [6, 6.07) is 0. The summed E-state index contributed by atoms with van der Waals surface area (Å²) in [5.74, 6) is 0.734. The molecule has 5 heteroatoms. The second-order valence-corrected chi connectivity index (χ2v) is 7.80. The van der Waals surface area contributed by atoms with Crippen molar-refractivity contribution in [3.05, 3.63) is 0 Å². The third kappa shape index (κ3) is 4.23.